The molecular formula is C15H24N2. The van der Waals surface area contributed by atoms with Crippen molar-refractivity contribution in [2.75, 3.05) is 13.6 Å². The van der Waals surface area contributed by atoms with Gasteiger partial charge in [0, 0.05) is 18.8 Å². The predicted octanol–water partition coefficient (Wildman–Crippen LogP) is 2.90. The number of rotatable bonds is 3. The standard InChI is InChI=1S/C15H24N2/c1-12(16-2)13-7-9-14(10-8-13)15-6-4-3-5-11-17-15/h7,9,15-17H,1,3-6,8,10-11H2,2H3. The number of allylic oxidation sites excluding steroid dienone is 3. The summed E-state index contributed by atoms with van der Waals surface area (Å²) >= 11 is 0. The highest BCUT2D eigenvalue weighted by Crippen LogP contribution is 2.26. The van der Waals surface area contributed by atoms with Crippen LogP contribution in [0.25, 0.3) is 0 Å². The SMILES string of the molecule is C=C(NC)C1=CC=C(C2CCCCCN2)CC1. The zero-order chi connectivity index (χ0) is 12.1. The van der Waals surface area contributed by atoms with Crippen molar-refractivity contribution >= 4 is 0 Å². The monoisotopic (exact) mass is 232 g/mol. The summed E-state index contributed by atoms with van der Waals surface area (Å²) in [6, 6.07) is 0.623. The highest BCUT2D eigenvalue weighted by molar-refractivity contribution is 5.36. The van der Waals surface area contributed by atoms with E-state index in [4.69, 9.17) is 0 Å². The minimum atomic E-state index is 0.623. The van der Waals surface area contributed by atoms with Gasteiger partial charge in [-0.1, -0.05) is 37.1 Å². The van der Waals surface area contributed by atoms with Crippen molar-refractivity contribution in [1.82, 2.24) is 10.6 Å². The van der Waals surface area contributed by atoms with Crippen LogP contribution in [0.2, 0.25) is 0 Å². The molecule has 1 saturated heterocycles. The van der Waals surface area contributed by atoms with Crippen LogP contribution in [0.5, 0.6) is 0 Å². The van der Waals surface area contributed by atoms with Crippen molar-refractivity contribution < 1.29 is 0 Å². The minimum absolute atomic E-state index is 0.623. The molecule has 2 heteroatoms. The van der Waals surface area contributed by atoms with Gasteiger partial charge in [-0.05, 0) is 37.8 Å². The maximum absolute atomic E-state index is 4.03. The van der Waals surface area contributed by atoms with Crippen molar-refractivity contribution in [3.8, 4) is 0 Å². The molecule has 0 saturated carbocycles. The molecule has 1 fully saturated rings. The second kappa shape index (κ2) is 6.06. The fourth-order valence-electron chi connectivity index (χ4n) is 2.70. The maximum atomic E-state index is 4.03. The van der Waals surface area contributed by atoms with Crippen LogP contribution in [0.1, 0.15) is 38.5 Å². The average Bonchev–Trinajstić information content (AvgIpc) is 2.67. The summed E-state index contributed by atoms with van der Waals surface area (Å²) in [5.74, 6) is 0. The van der Waals surface area contributed by atoms with Crippen molar-refractivity contribution in [1.29, 1.82) is 0 Å². The number of hydrogen-bond acceptors (Lipinski definition) is 2. The first-order valence-corrected chi connectivity index (χ1v) is 6.81. The Morgan fingerprint density at radius 3 is 2.88 bits per heavy atom. The minimum Gasteiger partial charge on any atom is -0.388 e. The summed E-state index contributed by atoms with van der Waals surface area (Å²) in [5, 5.41) is 6.81. The molecule has 94 valence electrons. The van der Waals surface area contributed by atoms with Crippen LogP contribution >= 0.6 is 0 Å². The molecule has 1 atom stereocenters. The summed E-state index contributed by atoms with van der Waals surface area (Å²) in [4.78, 5) is 0. The third-order valence-electron chi connectivity index (χ3n) is 3.88. The van der Waals surface area contributed by atoms with E-state index in [0.29, 0.717) is 6.04 Å². The molecular weight excluding hydrogens is 208 g/mol. The molecule has 2 rings (SSSR count). The third-order valence-corrected chi connectivity index (χ3v) is 3.88. The van der Waals surface area contributed by atoms with E-state index in [0.717, 1.165) is 12.1 Å². The molecule has 1 heterocycles. The Labute approximate surface area is 105 Å². The number of likely N-dealkylation sites (N-methyl/N-ethyl adjacent to an activating group) is 1. The van der Waals surface area contributed by atoms with Gasteiger partial charge in [-0.3, -0.25) is 0 Å². The maximum Gasteiger partial charge on any atom is 0.0297 e. The van der Waals surface area contributed by atoms with Crippen LogP contribution in [-0.4, -0.2) is 19.6 Å². The Morgan fingerprint density at radius 2 is 2.18 bits per heavy atom. The first kappa shape index (κ1) is 12.4. The molecule has 1 aliphatic carbocycles. The fourth-order valence-corrected chi connectivity index (χ4v) is 2.70. The lowest BCUT2D eigenvalue weighted by molar-refractivity contribution is 0.551. The van der Waals surface area contributed by atoms with E-state index in [9.17, 15) is 0 Å². The fraction of sp³-hybridized carbons (Fsp3) is 0.600. The summed E-state index contributed by atoms with van der Waals surface area (Å²) < 4.78 is 0. The van der Waals surface area contributed by atoms with Gasteiger partial charge in [-0.25, -0.2) is 0 Å². The van der Waals surface area contributed by atoms with Gasteiger partial charge in [-0.15, -0.1) is 0 Å². The molecule has 1 aliphatic heterocycles. The van der Waals surface area contributed by atoms with Gasteiger partial charge in [0.1, 0.15) is 0 Å². The molecule has 0 bridgehead atoms. The van der Waals surface area contributed by atoms with Crippen LogP contribution in [-0.2, 0) is 0 Å². The lowest BCUT2D eigenvalue weighted by Gasteiger charge is -2.23. The highest BCUT2D eigenvalue weighted by atomic mass is 14.9. The van der Waals surface area contributed by atoms with Crippen LogP contribution in [0.3, 0.4) is 0 Å². The van der Waals surface area contributed by atoms with E-state index in [1.54, 1.807) is 5.57 Å². The van der Waals surface area contributed by atoms with Gasteiger partial charge in [0.2, 0.25) is 0 Å². The van der Waals surface area contributed by atoms with Gasteiger partial charge >= 0.3 is 0 Å². The zero-order valence-electron chi connectivity index (χ0n) is 10.9. The number of nitrogens with one attached hydrogen (secondary N) is 2. The van der Waals surface area contributed by atoms with Crippen LogP contribution in [0.4, 0.5) is 0 Å². The van der Waals surface area contributed by atoms with Gasteiger partial charge < -0.3 is 10.6 Å². The first-order valence-electron chi connectivity index (χ1n) is 6.81. The summed E-state index contributed by atoms with van der Waals surface area (Å²) in [7, 11) is 1.94. The summed E-state index contributed by atoms with van der Waals surface area (Å²) in [5.41, 5.74) is 4.00. The largest absolute Gasteiger partial charge is 0.388 e. The van der Waals surface area contributed by atoms with Gasteiger partial charge in [-0.2, -0.15) is 0 Å². The summed E-state index contributed by atoms with van der Waals surface area (Å²) in [6.07, 6.45) is 12.3. The second-order valence-electron chi connectivity index (χ2n) is 5.02. The van der Waals surface area contributed by atoms with E-state index in [2.05, 4.69) is 29.4 Å². The Morgan fingerprint density at radius 1 is 1.29 bits per heavy atom. The molecule has 2 N–H and O–H groups in total. The van der Waals surface area contributed by atoms with Crippen LogP contribution in [0, 0.1) is 0 Å². The molecule has 2 aliphatic rings. The van der Waals surface area contributed by atoms with E-state index < -0.39 is 0 Å². The van der Waals surface area contributed by atoms with E-state index in [1.165, 1.54) is 44.2 Å². The lowest BCUT2D eigenvalue weighted by Crippen LogP contribution is -2.30. The van der Waals surface area contributed by atoms with Crippen molar-refractivity contribution in [3.63, 3.8) is 0 Å². The topological polar surface area (TPSA) is 24.1 Å². The smallest absolute Gasteiger partial charge is 0.0297 e. The van der Waals surface area contributed by atoms with Gasteiger partial charge in [0.05, 0.1) is 0 Å². The molecule has 17 heavy (non-hydrogen) atoms. The highest BCUT2D eigenvalue weighted by Gasteiger charge is 2.18. The lowest BCUT2D eigenvalue weighted by atomic mass is 9.90. The molecule has 1 unspecified atom stereocenters. The molecule has 0 amide bonds. The van der Waals surface area contributed by atoms with E-state index >= 15 is 0 Å². The van der Waals surface area contributed by atoms with Crippen molar-refractivity contribution in [2.24, 2.45) is 0 Å². The van der Waals surface area contributed by atoms with Crippen LogP contribution < -0.4 is 10.6 Å². The van der Waals surface area contributed by atoms with E-state index in [1.807, 2.05) is 7.05 Å². The molecule has 0 aromatic carbocycles. The molecule has 0 aromatic heterocycles. The molecule has 0 spiro atoms. The van der Waals surface area contributed by atoms with Crippen molar-refractivity contribution in [2.45, 2.75) is 44.6 Å². The first-order chi connectivity index (χ1) is 8.31. The Kier molecular flexibility index (Phi) is 4.43. The van der Waals surface area contributed by atoms with E-state index in [-0.39, 0.29) is 0 Å². The Hall–Kier alpha value is -1.02. The molecule has 0 radical (unpaired) electrons. The predicted molar refractivity (Wildman–Crippen MR) is 73.9 cm³/mol. The zero-order valence-corrected chi connectivity index (χ0v) is 10.9. The van der Waals surface area contributed by atoms with Crippen molar-refractivity contribution in [3.05, 3.63) is 35.6 Å². The summed E-state index contributed by atoms with van der Waals surface area (Å²) in [6.45, 7) is 5.21. The average molecular weight is 232 g/mol. The molecule has 2 nitrogen and oxygen atoms in total. The Balaban J connectivity index is 2.00. The quantitative estimate of drug-likeness (QED) is 0.782. The van der Waals surface area contributed by atoms with Crippen LogP contribution in [0.15, 0.2) is 35.6 Å². The normalized spacial score (nSPS) is 25.6. The second-order valence-corrected chi connectivity index (χ2v) is 5.02. The number of hydrogen-bond donors (Lipinski definition) is 2. The van der Waals surface area contributed by atoms with Gasteiger partial charge in [0.15, 0.2) is 0 Å². The Bertz CT molecular complexity index is 331. The third kappa shape index (κ3) is 3.22. The van der Waals surface area contributed by atoms with Gasteiger partial charge in [0.25, 0.3) is 0 Å². The molecule has 0 aromatic rings.